The third-order valence-electron chi connectivity index (χ3n) is 4.58. The van der Waals surface area contributed by atoms with E-state index in [1.165, 1.54) is 21.5 Å². The standard InChI is InChI=1S/C22H15N3/c1-3-11-17-15(7-1)9-5-13-19(17)21-23-22(25-24-21)20-14-6-10-16-8-2-4-12-18(16)20/h1-14H,(H,23,24,25). The summed E-state index contributed by atoms with van der Waals surface area (Å²) in [5, 5.41) is 13.6. The Morgan fingerprint density at radius 3 is 1.44 bits per heavy atom. The van der Waals surface area contributed by atoms with Gasteiger partial charge in [0, 0.05) is 11.1 Å². The van der Waals surface area contributed by atoms with Crippen molar-refractivity contribution in [1.29, 1.82) is 0 Å². The minimum Gasteiger partial charge on any atom is -0.321 e. The maximum Gasteiger partial charge on any atom is 0.162 e. The van der Waals surface area contributed by atoms with Crippen LogP contribution < -0.4 is 0 Å². The Labute approximate surface area is 145 Å². The third-order valence-corrected chi connectivity index (χ3v) is 4.58. The summed E-state index contributed by atoms with van der Waals surface area (Å²) < 4.78 is 0. The zero-order chi connectivity index (χ0) is 16.6. The first kappa shape index (κ1) is 13.9. The van der Waals surface area contributed by atoms with E-state index in [1.54, 1.807) is 0 Å². The Bertz CT molecular complexity index is 1100. The van der Waals surface area contributed by atoms with E-state index in [1.807, 2.05) is 24.3 Å². The van der Waals surface area contributed by atoms with Crippen LogP contribution in [0.15, 0.2) is 84.9 Å². The number of aromatic amines is 1. The predicted molar refractivity (Wildman–Crippen MR) is 102 cm³/mol. The van der Waals surface area contributed by atoms with Gasteiger partial charge in [-0.2, -0.15) is 0 Å². The number of nitrogens with zero attached hydrogens (tertiary/aromatic N) is 2. The first-order chi connectivity index (χ1) is 12.4. The largest absolute Gasteiger partial charge is 0.321 e. The zero-order valence-electron chi connectivity index (χ0n) is 13.5. The molecule has 25 heavy (non-hydrogen) atoms. The van der Waals surface area contributed by atoms with E-state index in [9.17, 15) is 0 Å². The van der Waals surface area contributed by atoms with Crippen molar-refractivity contribution >= 4 is 21.5 Å². The van der Waals surface area contributed by atoms with E-state index >= 15 is 0 Å². The van der Waals surface area contributed by atoms with Gasteiger partial charge in [-0.3, -0.25) is 0 Å². The van der Waals surface area contributed by atoms with Crippen molar-refractivity contribution in [3.63, 3.8) is 0 Å². The van der Waals surface area contributed by atoms with E-state index in [2.05, 4.69) is 75.8 Å². The fourth-order valence-corrected chi connectivity index (χ4v) is 3.37. The fourth-order valence-electron chi connectivity index (χ4n) is 3.37. The highest BCUT2D eigenvalue weighted by atomic mass is 15.2. The Balaban J connectivity index is 1.69. The molecule has 1 N–H and O–H groups in total. The molecule has 0 radical (unpaired) electrons. The molecule has 5 aromatic rings. The van der Waals surface area contributed by atoms with Crippen LogP contribution in [0.5, 0.6) is 0 Å². The maximum absolute atomic E-state index is 4.41. The molecule has 1 aromatic heterocycles. The van der Waals surface area contributed by atoms with Crippen LogP contribution in [0.3, 0.4) is 0 Å². The van der Waals surface area contributed by atoms with Gasteiger partial charge in [0.05, 0.1) is 0 Å². The second-order valence-electron chi connectivity index (χ2n) is 6.08. The fraction of sp³-hybridized carbons (Fsp3) is 0. The predicted octanol–water partition coefficient (Wildman–Crippen LogP) is 5.45. The number of hydrogen-bond donors (Lipinski definition) is 1. The van der Waals surface area contributed by atoms with E-state index in [4.69, 9.17) is 0 Å². The van der Waals surface area contributed by atoms with Gasteiger partial charge in [0.2, 0.25) is 0 Å². The monoisotopic (exact) mass is 321 g/mol. The molecule has 0 aliphatic carbocycles. The van der Waals surface area contributed by atoms with Crippen molar-refractivity contribution in [3.05, 3.63) is 84.9 Å². The van der Waals surface area contributed by atoms with Crippen LogP contribution in [-0.2, 0) is 0 Å². The molecule has 3 heteroatoms. The van der Waals surface area contributed by atoms with Gasteiger partial charge >= 0.3 is 0 Å². The molecule has 3 nitrogen and oxygen atoms in total. The normalized spacial score (nSPS) is 11.2. The SMILES string of the molecule is c1ccc2c(-c3nnc(-c4cccc5ccccc45)[nH]3)cccc2c1. The van der Waals surface area contributed by atoms with Crippen LogP contribution in [0.1, 0.15) is 0 Å². The lowest BCUT2D eigenvalue weighted by Gasteiger charge is -2.04. The molecule has 118 valence electrons. The van der Waals surface area contributed by atoms with Crippen LogP contribution in [0.4, 0.5) is 0 Å². The number of H-pyrrole nitrogens is 1. The summed E-state index contributed by atoms with van der Waals surface area (Å²) in [7, 11) is 0. The van der Waals surface area contributed by atoms with Crippen LogP contribution in [0.2, 0.25) is 0 Å². The van der Waals surface area contributed by atoms with Gasteiger partial charge in [-0.15, -0.1) is 10.2 Å². The maximum atomic E-state index is 4.41. The summed E-state index contributed by atoms with van der Waals surface area (Å²) in [6, 6.07) is 29.1. The van der Waals surface area contributed by atoms with Crippen molar-refractivity contribution in [3.8, 4) is 22.8 Å². The number of benzene rings is 4. The van der Waals surface area contributed by atoms with Crippen molar-refractivity contribution < 1.29 is 0 Å². The van der Waals surface area contributed by atoms with Gasteiger partial charge < -0.3 is 4.98 Å². The molecule has 4 aromatic carbocycles. The number of rotatable bonds is 2. The highest BCUT2D eigenvalue weighted by Gasteiger charge is 2.11. The van der Waals surface area contributed by atoms with Crippen molar-refractivity contribution in [2.45, 2.75) is 0 Å². The molecular weight excluding hydrogens is 306 g/mol. The average molecular weight is 321 g/mol. The quantitative estimate of drug-likeness (QED) is 0.470. The van der Waals surface area contributed by atoms with E-state index in [0.717, 1.165) is 22.8 Å². The Morgan fingerprint density at radius 2 is 0.920 bits per heavy atom. The Hall–Kier alpha value is -3.46. The second kappa shape index (κ2) is 5.56. The molecule has 0 saturated heterocycles. The van der Waals surface area contributed by atoms with Crippen LogP contribution in [0.25, 0.3) is 44.3 Å². The lowest BCUT2D eigenvalue weighted by molar-refractivity contribution is 1.10. The molecule has 0 amide bonds. The van der Waals surface area contributed by atoms with Gasteiger partial charge in [0.15, 0.2) is 11.6 Å². The summed E-state index contributed by atoms with van der Waals surface area (Å²) in [6.45, 7) is 0. The molecule has 0 aliphatic rings. The summed E-state index contributed by atoms with van der Waals surface area (Å²) in [5.41, 5.74) is 2.13. The number of fused-ring (bicyclic) bond motifs is 2. The summed E-state index contributed by atoms with van der Waals surface area (Å²) >= 11 is 0. The lowest BCUT2D eigenvalue weighted by atomic mass is 10.0. The topological polar surface area (TPSA) is 41.6 Å². The van der Waals surface area contributed by atoms with E-state index < -0.39 is 0 Å². The number of aromatic nitrogens is 3. The molecule has 0 unspecified atom stereocenters. The number of hydrogen-bond acceptors (Lipinski definition) is 2. The van der Waals surface area contributed by atoms with E-state index in [-0.39, 0.29) is 0 Å². The smallest absolute Gasteiger partial charge is 0.162 e. The second-order valence-corrected chi connectivity index (χ2v) is 6.08. The molecule has 0 saturated carbocycles. The van der Waals surface area contributed by atoms with Crippen LogP contribution in [0, 0.1) is 0 Å². The van der Waals surface area contributed by atoms with Crippen molar-refractivity contribution in [2.75, 3.05) is 0 Å². The average Bonchev–Trinajstić information content (AvgIpc) is 3.17. The molecule has 0 bridgehead atoms. The summed E-state index contributed by atoms with van der Waals surface area (Å²) in [5.74, 6) is 1.58. The van der Waals surface area contributed by atoms with Gasteiger partial charge in [-0.25, -0.2) is 0 Å². The highest BCUT2D eigenvalue weighted by Crippen LogP contribution is 2.30. The highest BCUT2D eigenvalue weighted by molar-refractivity contribution is 5.97. The minimum atomic E-state index is 0.791. The van der Waals surface area contributed by atoms with E-state index in [0.29, 0.717) is 0 Å². The third kappa shape index (κ3) is 2.29. The molecule has 5 rings (SSSR count). The molecule has 0 aliphatic heterocycles. The zero-order valence-corrected chi connectivity index (χ0v) is 13.5. The summed E-state index contributed by atoms with van der Waals surface area (Å²) in [4.78, 5) is 3.41. The molecule has 0 atom stereocenters. The molecule has 0 fully saturated rings. The van der Waals surface area contributed by atoms with Crippen LogP contribution in [-0.4, -0.2) is 15.2 Å². The first-order valence-electron chi connectivity index (χ1n) is 8.29. The Morgan fingerprint density at radius 1 is 0.480 bits per heavy atom. The number of nitrogens with one attached hydrogen (secondary N) is 1. The van der Waals surface area contributed by atoms with Gasteiger partial charge in [-0.1, -0.05) is 84.9 Å². The van der Waals surface area contributed by atoms with Gasteiger partial charge in [0.1, 0.15) is 0 Å². The van der Waals surface area contributed by atoms with Crippen molar-refractivity contribution in [2.24, 2.45) is 0 Å². The molecule has 0 spiro atoms. The molecular formula is C22H15N3. The minimum absolute atomic E-state index is 0.791. The lowest BCUT2D eigenvalue weighted by Crippen LogP contribution is -1.85. The van der Waals surface area contributed by atoms with Gasteiger partial charge in [-0.05, 0) is 21.5 Å². The Kier molecular flexibility index (Phi) is 3.10. The summed E-state index contributed by atoms with van der Waals surface area (Å²) in [6.07, 6.45) is 0. The molecule has 1 heterocycles. The first-order valence-corrected chi connectivity index (χ1v) is 8.29. The van der Waals surface area contributed by atoms with Crippen LogP contribution >= 0.6 is 0 Å². The van der Waals surface area contributed by atoms with Crippen molar-refractivity contribution in [1.82, 2.24) is 15.2 Å². The van der Waals surface area contributed by atoms with Gasteiger partial charge in [0.25, 0.3) is 0 Å².